The molecule has 2 aromatic rings. The summed E-state index contributed by atoms with van der Waals surface area (Å²) in [6.07, 6.45) is 2.61. The van der Waals surface area contributed by atoms with Crippen molar-refractivity contribution in [3.63, 3.8) is 0 Å². The van der Waals surface area contributed by atoms with Crippen molar-refractivity contribution in [1.82, 2.24) is 14.9 Å². The van der Waals surface area contributed by atoms with E-state index in [0.717, 1.165) is 35.2 Å². The molecule has 2 heterocycles. The van der Waals surface area contributed by atoms with Crippen molar-refractivity contribution in [3.8, 4) is 0 Å². The Morgan fingerprint density at radius 2 is 2.00 bits per heavy atom. The molecule has 114 valence electrons. The van der Waals surface area contributed by atoms with Gasteiger partial charge in [-0.05, 0) is 38.2 Å². The van der Waals surface area contributed by atoms with Crippen LogP contribution in [0.5, 0.6) is 0 Å². The van der Waals surface area contributed by atoms with E-state index < -0.39 is 0 Å². The summed E-state index contributed by atoms with van der Waals surface area (Å²) in [5, 5.41) is 1.04. The summed E-state index contributed by atoms with van der Waals surface area (Å²) in [6.45, 7) is 10.7. The van der Waals surface area contributed by atoms with Crippen LogP contribution in [0.4, 0.5) is 5.82 Å². The van der Waals surface area contributed by atoms with Crippen molar-refractivity contribution in [2.45, 2.75) is 53.1 Å². The van der Waals surface area contributed by atoms with Crippen LogP contribution in [0.2, 0.25) is 0 Å². The Hall–Kier alpha value is -1.20. The van der Waals surface area contributed by atoms with Crippen LogP contribution in [0, 0.1) is 19.8 Å². The van der Waals surface area contributed by atoms with Crippen molar-refractivity contribution in [2.24, 2.45) is 5.92 Å². The Bertz CT molecular complexity index is 658. The number of thiophene rings is 1. The first kappa shape index (κ1) is 14.7. The minimum atomic E-state index is 0.636. The molecular weight excluding hydrogens is 280 g/mol. The third kappa shape index (κ3) is 3.04. The number of nitrogens with zero attached hydrogens (tertiary/aromatic N) is 3. The molecule has 4 nitrogen and oxygen atoms in total. The van der Waals surface area contributed by atoms with E-state index in [0.29, 0.717) is 11.7 Å². The molecule has 0 radical (unpaired) electrons. The Morgan fingerprint density at radius 3 is 2.62 bits per heavy atom. The van der Waals surface area contributed by atoms with Gasteiger partial charge in [-0.25, -0.2) is 9.97 Å². The zero-order valence-corrected chi connectivity index (χ0v) is 14.1. The van der Waals surface area contributed by atoms with Crippen LogP contribution in [0.1, 0.15) is 43.0 Å². The van der Waals surface area contributed by atoms with Gasteiger partial charge in [0.2, 0.25) is 0 Å². The minimum absolute atomic E-state index is 0.636. The summed E-state index contributed by atoms with van der Waals surface area (Å²) < 4.78 is 0. The number of nitrogen functional groups attached to an aromatic ring is 1. The van der Waals surface area contributed by atoms with Gasteiger partial charge in [0.25, 0.3) is 0 Å². The highest BCUT2D eigenvalue weighted by atomic mass is 32.1. The summed E-state index contributed by atoms with van der Waals surface area (Å²) in [4.78, 5) is 14.2. The number of fused-ring (bicyclic) bond motifs is 1. The summed E-state index contributed by atoms with van der Waals surface area (Å²) in [5.74, 6) is 2.17. The van der Waals surface area contributed by atoms with E-state index in [1.807, 2.05) is 0 Å². The predicted octanol–water partition coefficient (Wildman–Crippen LogP) is 3.51. The Labute approximate surface area is 130 Å². The smallest absolute Gasteiger partial charge is 0.146 e. The molecule has 0 aromatic carbocycles. The van der Waals surface area contributed by atoms with Crippen molar-refractivity contribution in [1.29, 1.82) is 0 Å². The van der Waals surface area contributed by atoms with Crippen LogP contribution < -0.4 is 5.73 Å². The van der Waals surface area contributed by atoms with Crippen molar-refractivity contribution in [3.05, 3.63) is 16.3 Å². The van der Waals surface area contributed by atoms with Gasteiger partial charge in [-0.2, -0.15) is 0 Å². The number of nitrogens with two attached hydrogens (primary N) is 1. The van der Waals surface area contributed by atoms with Gasteiger partial charge in [0.15, 0.2) is 0 Å². The third-order valence-electron chi connectivity index (χ3n) is 4.11. The monoisotopic (exact) mass is 304 g/mol. The Kier molecular flexibility index (Phi) is 3.88. The van der Waals surface area contributed by atoms with Crippen LogP contribution in [0.3, 0.4) is 0 Å². The van der Waals surface area contributed by atoms with E-state index >= 15 is 0 Å². The second-order valence-electron chi connectivity index (χ2n) is 6.54. The fourth-order valence-electron chi connectivity index (χ4n) is 2.83. The lowest BCUT2D eigenvalue weighted by Gasteiger charge is -2.23. The molecule has 2 aromatic heterocycles. The van der Waals surface area contributed by atoms with Gasteiger partial charge in [-0.1, -0.05) is 13.8 Å². The molecule has 0 atom stereocenters. The number of hydrogen-bond acceptors (Lipinski definition) is 5. The van der Waals surface area contributed by atoms with Gasteiger partial charge in [-0.3, -0.25) is 4.90 Å². The topological polar surface area (TPSA) is 55.0 Å². The van der Waals surface area contributed by atoms with Crippen molar-refractivity contribution >= 4 is 27.4 Å². The van der Waals surface area contributed by atoms with Crippen molar-refractivity contribution in [2.75, 3.05) is 12.3 Å². The quantitative estimate of drug-likeness (QED) is 0.918. The molecule has 3 rings (SSSR count). The second kappa shape index (κ2) is 5.54. The lowest BCUT2D eigenvalue weighted by Crippen LogP contribution is -2.30. The van der Waals surface area contributed by atoms with Crippen LogP contribution in [-0.2, 0) is 6.54 Å². The highest BCUT2D eigenvalue weighted by Gasteiger charge is 2.30. The van der Waals surface area contributed by atoms with Gasteiger partial charge in [0, 0.05) is 17.5 Å². The molecule has 21 heavy (non-hydrogen) atoms. The molecule has 1 aliphatic carbocycles. The zero-order chi connectivity index (χ0) is 15.1. The standard InChI is InChI=1S/C16H24N4S/c1-9(2)7-20(12-5-6-12)8-13-18-15(17)14-10(3)11(4)21-16(14)19-13/h9,12H,5-8H2,1-4H3,(H2,17,18,19). The normalized spacial score (nSPS) is 15.5. The summed E-state index contributed by atoms with van der Waals surface area (Å²) in [5.41, 5.74) is 7.40. The Balaban J connectivity index is 1.89. The number of hydrogen-bond donors (Lipinski definition) is 1. The molecule has 0 saturated heterocycles. The third-order valence-corrected chi connectivity index (χ3v) is 5.21. The van der Waals surface area contributed by atoms with E-state index in [9.17, 15) is 0 Å². The summed E-state index contributed by atoms with van der Waals surface area (Å²) in [6, 6.07) is 0.722. The minimum Gasteiger partial charge on any atom is -0.383 e. The first-order valence-electron chi connectivity index (χ1n) is 7.72. The maximum atomic E-state index is 6.18. The highest BCUT2D eigenvalue weighted by Crippen LogP contribution is 2.33. The molecule has 1 saturated carbocycles. The van der Waals surface area contributed by atoms with Crippen LogP contribution in [-0.4, -0.2) is 27.5 Å². The predicted molar refractivity (Wildman–Crippen MR) is 89.6 cm³/mol. The molecule has 2 N–H and O–H groups in total. The summed E-state index contributed by atoms with van der Waals surface area (Å²) in [7, 11) is 0. The van der Waals surface area contributed by atoms with Gasteiger partial charge in [0.1, 0.15) is 16.5 Å². The average molecular weight is 304 g/mol. The van der Waals surface area contributed by atoms with Crippen LogP contribution in [0.25, 0.3) is 10.2 Å². The Morgan fingerprint density at radius 1 is 1.29 bits per heavy atom. The SMILES string of the molecule is Cc1sc2nc(CN(CC(C)C)C3CC3)nc(N)c2c1C. The van der Waals surface area contributed by atoms with E-state index in [1.54, 1.807) is 11.3 Å². The van der Waals surface area contributed by atoms with E-state index in [2.05, 4.69) is 37.6 Å². The van der Waals surface area contributed by atoms with E-state index in [1.165, 1.54) is 23.3 Å². The number of rotatable bonds is 5. The second-order valence-corrected chi connectivity index (χ2v) is 7.75. The van der Waals surface area contributed by atoms with E-state index in [-0.39, 0.29) is 0 Å². The molecule has 1 fully saturated rings. The zero-order valence-electron chi connectivity index (χ0n) is 13.3. The fraction of sp³-hybridized carbons (Fsp3) is 0.625. The van der Waals surface area contributed by atoms with Gasteiger partial charge in [-0.15, -0.1) is 11.3 Å². The average Bonchev–Trinajstić information content (AvgIpc) is 3.16. The number of aryl methyl sites for hydroxylation is 2. The van der Waals surface area contributed by atoms with E-state index in [4.69, 9.17) is 10.7 Å². The molecule has 0 aliphatic heterocycles. The fourth-order valence-corrected chi connectivity index (χ4v) is 3.89. The lowest BCUT2D eigenvalue weighted by atomic mass is 10.2. The molecule has 0 spiro atoms. The molecule has 0 amide bonds. The number of anilines is 1. The first-order valence-corrected chi connectivity index (χ1v) is 8.53. The van der Waals surface area contributed by atoms with Crippen LogP contribution >= 0.6 is 11.3 Å². The maximum Gasteiger partial charge on any atom is 0.146 e. The van der Waals surface area contributed by atoms with Crippen LogP contribution in [0.15, 0.2) is 0 Å². The highest BCUT2D eigenvalue weighted by molar-refractivity contribution is 7.18. The number of aromatic nitrogens is 2. The lowest BCUT2D eigenvalue weighted by molar-refractivity contribution is 0.221. The molecule has 5 heteroatoms. The van der Waals surface area contributed by atoms with Gasteiger partial charge in [0.05, 0.1) is 11.9 Å². The largest absolute Gasteiger partial charge is 0.383 e. The molecule has 0 bridgehead atoms. The molecular formula is C16H24N4S. The first-order chi connectivity index (χ1) is 9.95. The molecule has 0 unspecified atom stereocenters. The maximum absolute atomic E-state index is 6.18. The van der Waals surface area contributed by atoms with Crippen molar-refractivity contribution < 1.29 is 0 Å². The summed E-state index contributed by atoms with van der Waals surface area (Å²) >= 11 is 1.72. The van der Waals surface area contributed by atoms with Gasteiger partial charge < -0.3 is 5.73 Å². The molecule has 1 aliphatic rings. The van der Waals surface area contributed by atoms with Gasteiger partial charge >= 0.3 is 0 Å².